The highest BCUT2D eigenvalue weighted by Crippen LogP contribution is 2.15. The van der Waals surface area contributed by atoms with Gasteiger partial charge in [-0.3, -0.25) is 0 Å². The largest absolute Gasteiger partial charge is 0.399 e. The maximum Gasteiger partial charge on any atom is 0.0314 e. The molecule has 0 aliphatic carbocycles. The predicted molar refractivity (Wildman–Crippen MR) is 123 cm³/mol. The van der Waals surface area contributed by atoms with Crippen molar-refractivity contribution in [1.29, 1.82) is 0 Å². The maximum atomic E-state index is 5.73. The molecule has 1 rings (SSSR count). The summed E-state index contributed by atoms with van der Waals surface area (Å²) in [6.45, 7) is 2.30. The zero-order valence-corrected chi connectivity index (χ0v) is 18.3. The van der Waals surface area contributed by atoms with E-state index >= 15 is 0 Å². The zero-order valence-electron chi connectivity index (χ0n) is 18.3. The Morgan fingerprint density at radius 1 is 0.481 bits per heavy atom. The van der Waals surface area contributed by atoms with Crippen molar-refractivity contribution in [2.75, 3.05) is 5.73 Å². The van der Waals surface area contributed by atoms with Crippen molar-refractivity contribution in [2.24, 2.45) is 0 Å². The van der Waals surface area contributed by atoms with Gasteiger partial charge in [-0.2, -0.15) is 0 Å². The van der Waals surface area contributed by atoms with E-state index in [1.54, 1.807) is 0 Å². The van der Waals surface area contributed by atoms with Gasteiger partial charge in [-0.25, -0.2) is 0 Å². The molecule has 1 heteroatoms. The minimum atomic E-state index is 0.872. The number of benzene rings is 1. The van der Waals surface area contributed by atoms with Crippen LogP contribution >= 0.6 is 0 Å². The third kappa shape index (κ3) is 15.7. The van der Waals surface area contributed by atoms with Crippen molar-refractivity contribution in [2.45, 2.75) is 129 Å². The number of nitrogens with two attached hydrogens (primary N) is 1. The van der Waals surface area contributed by atoms with Crippen molar-refractivity contribution in [3.8, 4) is 0 Å². The van der Waals surface area contributed by atoms with Crippen LogP contribution in [-0.2, 0) is 6.42 Å². The van der Waals surface area contributed by atoms with Crippen LogP contribution in [0.4, 0.5) is 5.69 Å². The molecule has 0 saturated heterocycles. The van der Waals surface area contributed by atoms with Gasteiger partial charge in [-0.05, 0) is 30.5 Å². The van der Waals surface area contributed by atoms with Gasteiger partial charge in [0, 0.05) is 5.69 Å². The standard InChI is InChI=1S/C26H47N/c1-2-3-4-5-6-7-8-9-10-11-12-13-14-15-16-17-18-19-20-25-21-23-26(27)24-22-25/h21-24H,2-20,27H2,1H3. The quantitative estimate of drug-likeness (QED) is 0.190. The lowest BCUT2D eigenvalue weighted by atomic mass is 10.0. The van der Waals surface area contributed by atoms with Gasteiger partial charge in [0.05, 0.1) is 0 Å². The predicted octanol–water partition coefficient (Wildman–Crippen LogP) is 8.85. The van der Waals surface area contributed by atoms with Crippen LogP contribution in [0.2, 0.25) is 0 Å². The second-order valence-corrected chi connectivity index (χ2v) is 8.50. The van der Waals surface area contributed by atoms with Gasteiger partial charge in [0.25, 0.3) is 0 Å². The summed E-state index contributed by atoms with van der Waals surface area (Å²) in [7, 11) is 0. The molecule has 0 aliphatic heterocycles. The van der Waals surface area contributed by atoms with Crippen LogP contribution in [0.5, 0.6) is 0 Å². The number of aryl methyl sites for hydroxylation is 1. The fourth-order valence-electron chi connectivity index (χ4n) is 3.92. The molecule has 0 atom stereocenters. The molecule has 1 nitrogen and oxygen atoms in total. The molecule has 0 fully saturated rings. The van der Waals surface area contributed by atoms with Crippen molar-refractivity contribution >= 4 is 5.69 Å². The molecule has 1 aromatic carbocycles. The minimum Gasteiger partial charge on any atom is -0.399 e. The van der Waals surface area contributed by atoms with Gasteiger partial charge >= 0.3 is 0 Å². The van der Waals surface area contributed by atoms with E-state index in [0.29, 0.717) is 0 Å². The second kappa shape index (κ2) is 18.4. The van der Waals surface area contributed by atoms with E-state index in [1.807, 2.05) is 12.1 Å². The average molecular weight is 374 g/mol. The van der Waals surface area contributed by atoms with Crippen LogP contribution in [0.15, 0.2) is 24.3 Å². The zero-order chi connectivity index (χ0) is 19.4. The highest BCUT2D eigenvalue weighted by atomic mass is 14.5. The van der Waals surface area contributed by atoms with E-state index in [9.17, 15) is 0 Å². The van der Waals surface area contributed by atoms with E-state index in [2.05, 4.69) is 19.1 Å². The number of nitrogen functional groups attached to an aromatic ring is 1. The Labute approximate surface area is 170 Å². The molecule has 0 radical (unpaired) electrons. The topological polar surface area (TPSA) is 26.0 Å². The molecule has 156 valence electrons. The molecule has 0 amide bonds. The Kier molecular flexibility index (Phi) is 16.4. The minimum absolute atomic E-state index is 0.872. The maximum absolute atomic E-state index is 5.73. The van der Waals surface area contributed by atoms with E-state index in [0.717, 1.165) is 5.69 Å². The molecule has 1 aromatic rings. The third-order valence-corrected chi connectivity index (χ3v) is 5.80. The molecule has 0 aliphatic rings. The summed E-state index contributed by atoms with van der Waals surface area (Å²) >= 11 is 0. The first-order chi connectivity index (χ1) is 13.3. The van der Waals surface area contributed by atoms with Gasteiger partial charge in [0.15, 0.2) is 0 Å². The molecule has 0 bridgehead atoms. The van der Waals surface area contributed by atoms with Crippen LogP contribution < -0.4 is 5.73 Å². The molecule has 0 heterocycles. The number of hydrogen-bond donors (Lipinski definition) is 1. The fourth-order valence-corrected chi connectivity index (χ4v) is 3.92. The van der Waals surface area contributed by atoms with Gasteiger partial charge < -0.3 is 5.73 Å². The summed E-state index contributed by atoms with van der Waals surface area (Å²) in [5.74, 6) is 0. The lowest BCUT2D eigenvalue weighted by Crippen LogP contribution is -1.88. The van der Waals surface area contributed by atoms with Crippen LogP contribution in [-0.4, -0.2) is 0 Å². The molecule has 2 N–H and O–H groups in total. The Balaban J connectivity index is 1.71. The van der Waals surface area contributed by atoms with Crippen LogP contribution in [0.1, 0.15) is 128 Å². The first-order valence-corrected chi connectivity index (χ1v) is 12.2. The van der Waals surface area contributed by atoms with Crippen molar-refractivity contribution in [1.82, 2.24) is 0 Å². The fraction of sp³-hybridized carbons (Fsp3) is 0.769. The van der Waals surface area contributed by atoms with Crippen LogP contribution in [0.3, 0.4) is 0 Å². The molecule has 0 aromatic heterocycles. The molecule has 27 heavy (non-hydrogen) atoms. The van der Waals surface area contributed by atoms with Gasteiger partial charge in [0.2, 0.25) is 0 Å². The summed E-state index contributed by atoms with van der Waals surface area (Å²) in [6, 6.07) is 8.37. The number of anilines is 1. The Hall–Kier alpha value is -0.980. The summed E-state index contributed by atoms with van der Waals surface area (Å²) in [6.07, 6.45) is 27.1. The SMILES string of the molecule is CCCCCCCCCCCCCCCCCCCCc1ccc(N)cc1. The summed E-state index contributed by atoms with van der Waals surface area (Å²) < 4.78 is 0. The van der Waals surface area contributed by atoms with E-state index < -0.39 is 0 Å². The van der Waals surface area contributed by atoms with Crippen LogP contribution in [0, 0.1) is 0 Å². The number of hydrogen-bond acceptors (Lipinski definition) is 1. The lowest BCUT2D eigenvalue weighted by Gasteiger charge is -2.04. The van der Waals surface area contributed by atoms with Crippen LogP contribution in [0.25, 0.3) is 0 Å². The first kappa shape index (κ1) is 24.1. The summed E-state index contributed by atoms with van der Waals surface area (Å²) in [4.78, 5) is 0. The summed E-state index contributed by atoms with van der Waals surface area (Å²) in [5, 5.41) is 0. The number of unbranched alkanes of at least 4 members (excludes halogenated alkanes) is 17. The Bertz CT molecular complexity index is 409. The molecule has 0 spiro atoms. The number of rotatable bonds is 19. The van der Waals surface area contributed by atoms with E-state index in [-0.39, 0.29) is 0 Å². The van der Waals surface area contributed by atoms with E-state index in [1.165, 1.54) is 128 Å². The smallest absolute Gasteiger partial charge is 0.0314 e. The summed E-state index contributed by atoms with van der Waals surface area (Å²) in [5.41, 5.74) is 8.03. The Morgan fingerprint density at radius 3 is 1.19 bits per heavy atom. The third-order valence-electron chi connectivity index (χ3n) is 5.80. The van der Waals surface area contributed by atoms with Crippen molar-refractivity contribution in [3.63, 3.8) is 0 Å². The van der Waals surface area contributed by atoms with Gasteiger partial charge in [-0.1, -0.05) is 128 Å². The molecular weight excluding hydrogens is 326 g/mol. The van der Waals surface area contributed by atoms with Crippen molar-refractivity contribution < 1.29 is 0 Å². The van der Waals surface area contributed by atoms with Gasteiger partial charge in [0.1, 0.15) is 0 Å². The van der Waals surface area contributed by atoms with Crippen molar-refractivity contribution in [3.05, 3.63) is 29.8 Å². The normalized spacial score (nSPS) is 11.1. The highest BCUT2D eigenvalue weighted by Gasteiger charge is 1.96. The monoisotopic (exact) mass is 373 g/mol. The van der Waals surface area contributed by atoms with Gasteiger partial charge in [-0.15, -0.1) is 0 Å². The average Bonchev–Trinajstić information content (AvgIpc) is 2.68. The molecular formula is C26H47N. The second-order valence-electron chi connectivity index (χ2n) is 8.50. The molecule has 0 saturated carbocycles. The lowest BCUT2D eigenvalue weighted by molar-refractivity contribution is 0.525. The highest BCUT2D eigenvalue weighted by molar-refractivity contribution is 5.39. The first-order valence-electron chi connectivity index (χ1n) is 12.2. The van der Waals surface area contributed by atoms with E-state index in [4.69, 9.17) is 5.73 Å². The molecule has 0 unspecified atom stereocenters. The Morgan fingerprint density at radius 2 is 0.815 bits per heavy atom.